The van der Waals surface area contributed by atoms with Crippen LogP contribution in [0.1, 0.15) is 0 Å². The standard InChI is InChI=1S/C48H32N2O/c1-3-13-35(14-4-1)49(38-28-29-39-41-18-8-11-21-47(41)51-48-22-12-9-19-42(48)43(39)32-38)37-26-23-33(24-27-37)34-25-30-46-44(31-34)40-17-7-10-20-45(40)50(46)36-15-5-2-6-16-36/h1-32H. The van der Waals surface area contributed by atoms with Crippen LogP contribution in [0.3, 0.4) is 0 Å². The Hall–Kier alpha value is -6.84. The van der Waals surface area contributed by atoms with Gasteiger partial charge in [0.05, 0.1) is 11.0 Å². The fourth-order valence-electron chi connectivity index (χ4n) is 7.64. The number of nitrogens with zero attached hydrogens (tertiary/aromatic N) is 2. The topological polar surface area (TPSA) is 17.4 Å². The maximum Gasteiger partial charge on any atom is 0.135 e. The maximum atomic E-state index is 6.47. The van der Waals surface area contributed by atoms with E-state index in [0.29, 0.717) is 0 Å². The molecule has 3 heteroatoms. The fraction of sp³-hybridized carbons (Fsp3) is 0. The highest BCUT2D eigenvalue weighted by Gasteiger charge is 2.23. The summed E-state index contributed by atoms with van der Waals surface area (Å²) in [6.45, 7) is 0. The van der Waals surface area contributed by atoms with Crippen LogP contribution in [0.2, 0.25) is 0 Å². The van der Waals surface area contributed by atoms with Crippen LogP contribution in [0.5, 0.6) is 11.5 Å². The van der Waals surface area contributed by atoms with Gasteiger partial charge in [-0.05, 0) is 101 Å². The molecule has 3 nitrogen and oxygen atoms in total. The highest BCUT2D eigenvalue weighted by atomic mass is 16.5. The molecule has 10 rings (SSSR count). The molecule has 0 radical (unpaired) electrons. The van der Waals surface area contributed by atoms with E-state index in [9.17, 15) is 0 Å². The Morgan fingerprint density at radius 3 is 1.69 bits per heavy atom. The highest BCUT2D eigenvalue weighted by Crippen LogP contribution is 2.49. The minimum atomic E-state index is 0.861. The molecule has 1 aliphatic rings. The molecule has 51 heavy (non-hydrogen) atoms. The molecule has 0 saturated carbocycles. The van der Waals surface area contributed by atoms with Crippen molar-refractivity contribution in [2.45, 2.75) is 0 Å². The van der Waals surface area contributed by atoms with Crippen molar-refractivity contribution >= 4 is 38.9 Å². The van der Waals surface area contributed by atoms with Crippen LogP contribution < -0.4 is 9.64 Å². The number of para-hydroxylation sites is 5. The molecule has 0 N–H and O–H groups in total. The van der Waals surface area contributed by atoms with E-state index in [1.807, 2.05) is 18.2 Å². The number of benzene rings is 8. The maximum absolute atomic E-state index is 6.47. The largest absolute Gasteiger partial charge is 0.456 e. The van der Waals surface area contributed by atoms with Gasteiger partial charge in [0.1, 0.15) is 11.5 Å². The van der Waals surface area contributed by atoms with Crippen molar-refractivity contribution in [3.05, 3.63) is 194 Å². The Morgan fingerprint density at radius 2 is 0.922 bits per heavy atom. The van der Waals surface area contributed by atoms with E-state index < -0.39 is 0 Å². The molecule has 0 fully saturated rings. The predicted octanol–water partition coefficient (Wildman–Crippen LogP) is 13.4. The average molecular weight is 653 g/mol. The lowest BCUT2D eigenvalue weighted by Gasteiger charge is -2.27. The first kappa shape index (κ1) is 29.1. The quantitative estimate of drug-likeness (QED) is 0.184. The SMILES string of the molecule is c1ccc(N(c2ccc(-c3ccc4c(c3)c3ccccc3n4-c3ccccc3)cc2)c2ccc3c(c2)-c2ccccc2Oc2ccccc2-3)cc1. The van der Waals surface area contributed by atoms with Gasteiger partial charge in [0, 0.05) is 44.6 Å². The van der Waals surface area contributed by atoms with E-state index >= 15 is 0 Å². The first-order valence-electron chi connectivity index (χ1n) is 17.4. The Balaban J connectivity index is 1.08. The number of hydrogen-bond donors (Lipinski definition) is 0. The van der Waals surface area contributed by atoms with Crippen LogP contribution in [0, 0.1) is 0 Å². The molecular weight excluding hydrogens is 621 g/mol. The molecule has 0 amide bonds. The van der Waals surface area contributed by atoms with Crippen LogP contribution in [-0.2, 0) is 0 Å². The molecular formula is C48H32N2O. The number of ether oxygens (including phenoxy) is 1. The Morgan fingerprint density at radius 1 is 0.353 bits per heavy atom. The summed E-state index contributed by atoms with van der Waals surface area (Å²) in [5.74, 6) is 1.73. The molecule has 0 aliphatic carbocycles. The fourth-order valence-corrected chi connectivity index (χ4v) is 7.64. The molecule has 0 bridgehead atoms. The number of hydrogen-bond acceptors (Lipinski definition) is 2. The summed E-state index contributed by atoms with van der Waals surface area (Å²) in [7, 11) is 0. The van der Waals surface area contributed by atoms with Crippen LogP contribution in [-0.4, -0.2) is 4.57 Å². The zero-order valence-corrected chi connectivity index (χ0v) is 27.8. The van der Waals surface area contributed by atoms with Gasteiger partial charge >= 0.3 is 0 Å². The zero-order valence-electron chi connectivity index (χ0n) is 27.8. The summed E-state index contributed by atoms with van der Waals surface area (Å²) in [6, 6.07) is 69.1. The molecule has 8 aromatic carbocycles. The second kappa shape index (κ2) is 11.9. The van der Waals surface area contributed by atoms with E-state index in [-0.39, 0.29) is 0 Å². The lowest BCUT2D eigenvalue weighted by molar-refractivity contribution is 0.488. The van der Waals surface area contributed by atoms with Gasteiger partial charge in [-0.3, -0.25) is 0 Å². The van der Waals surface area contributed by atoms with Crippen molar-refractivity contribution in [1.82, 2.24) is 4.57 Å². The summed E-state index contributed by atoms with van der Waals surface area (Å²) in [4.78, 5) is 2.33. The second-order valence-corrected chi connectivity index (χ2v) is 13.0. The Kier molecular flexibility index (Phi) is 6.81. The molecule has 1 aliphatic heterocycles. The molecule has 9 aromatic rings. The molecule has 0 saturated heterocycles. The van der Waals surface area contributed by atoms with Crippen molar-refractivity contribution in [2.24, 2.45) is 0 Å². The molecule has 0 unspecified atom stereocenters. The summed E-state index contributed by atoms with van der Waals surface area (Å²) >= 11 is 0. The van der Waals surface area contributed by atoms with Gasteiger partial charge in [-0.15, -0.1) is 0 Å². The third-order valence-corrected chi connectivity index (χ3v) is 10.00. The van der Waals surface area contributed by atoms with Crippen LogP contribution >= 0.6 is 0 Å². The van der Waals surface area contributed by atoms with E-state index in [0.717, 1.165) is 50.8 Å². The van der Waals surface area contributed by atoms with Crippen molar-refractivity contribution in [1.29, 1.82) is 0 Å². The first-order valence-corrected chi connectivity index (χ1v) is 17.4. The summed E-state index contributed by atoms with van der Waals surface area (Å²) < 4.78 is 8.83. The van der Waals surface area contributed by atoms with Gasteiger partial charge in [0.2, 0.25) is 0 Å². The van der Waals surface area contributed by atoms with E-state index in [1.165, 1.54) is 38.6 Å². The Bertz CT molecular complexity index is 2710. The van der Waals surface area contributed by atoms with E-state index in [4.69, 9.17) is 4.74 Å². The van der Waals surface area contributed by atoms with Crippen molar-refractivity contribution in [3.63, 3.8) is 0 Å². The third-order valence-electron chi connectivity index (χ3n) is 10.00. The molecule has 0 atom stereocenters. The van der Waals surface area contributed by atoms with Crippen molar-refractivity contribution in [2.75, 3.05) is 4.90 Å². The van der Waals surface area contributed by atoms with Crippen LogP contribution in [0.15, 0.2) is 194 Å². The summed E-state index contributed by atoms with van der Waals surface area (Å²) in [6.07, 6.45) is 0. The van der Waals surface area contributed by atoms with Crippen molar-refractivity contribution in [3.8, 4) is 50.6 Å². The summed E-state index contributed by atoms with van der Waals surface area (Å²) in [5, 5.41) is 2.50. The number of fused-ring (bicyclic) bond motifs is 8. The van der Waals surface area contributed by atoms with E-state index in [2.05, 4.69) is 185 Å². The number of anilines is 3. The minimum absolute atomic E-state index is 0.861. The van der Waals surface area contributed by atoms with Gasteiger partial charge in [0.25, 0.3) is 0 Å². The highest BCUT2D eigenvalue weighted by molar-refractivity contribution is 6.10. The van der Waals surface area contributed by atoms with Crippen molar-refractivity contribution < 1.29 is 4.74 Å². The summed E-state index contributed by atoms with van der Waals surface area (Å²) in [5.41, 5.74) is 13.7. The van der Waals surface area contributed by atoms with Gasteiger partial charge < -0.3 is 14.2 Å². The third kappa shape index (κ3) is 4.90. The molecule has 1 aromatic heterocycles. The van der Waals surface area contributed by atoms with Crippen LogP contribution in [0.25, 0.3) is 60.9 Å². The minimum Gasteiger partial charge on any atom is -0.456 e. The average Bonchev–Trinajstić information content (AvgIpc) is 3.45. The van der Waals surface area contributed by atoms with Crippen LogP contribution in [0.4, 0.5) is 17.1 Å². The zero-order chi connectivity index (χ0) is 33.7. The Labute approximate surface area is 296 Å². The van der Waals surface area contributed by atoms with Gasteiger partial charge in [-0.2, -0.15) is 0 Å². The monoisotopic (exact) mass is 652 g/mol. The molecule has 2 heterocycles. The number of aromatic nitrogens is 1. The molecule has 240 valence electrons. The smallest absolute Gasteiger partial charge is 0.135 e. The molecule has 0 spiro atoms. The van der Waals surface area contributed by atoms with Gasteiger partial charge in [-0.25, -0.2) is 0 Å². The lowest BCUT2D eigenvalue weighted by Crippen LogP contribution is -2.10. The predicted molar refractivity (Wildman–Crippen MR) is 212 cm³/mol. The normalized spacial score (nSPS) is 11.7. The van der Waals surface area contributed by atoms with E-state index in [1.54, 1.807) is 0 Å². The second-order valence-electron chi connectivity index (χ2n) is 13.0. The van der Waals surface area contributed by atoms with Gasteiger partial charge in [0.15, 0.2) is 0 Å². The first-order chi connectivity index (χ1) is 25.3. The van der Waals surface area contributed by atoms with Gasteiger partial charge in [-0.1, -0.05) is 115 Å². The number of rotatable bonds is 5. The lowest BCUT2D eigenvalue weighted by atomic mass is 9.93.